The number of hydrazone groups is 1. The molecule has 0 atom stereocenters. The van der Waals surface area contributed by atoms with Crippen molar-refractivity contribution in [1.82, 2.24) is 20.2 Å². The summed E-state index contributed by atoms with van der Waals surface area (Å²) in [6.45, 7) is 0. The van der Waals surface area contributed by atoms with E-state index in [9.17, 15) is 9.90 Å². The third kappa shape index (κ3) is 4.49. The summed E-state index contributed by atoms with van der Waals surface area (Å²) < 4.78 is 6.87. The summed E-state index contributed by atoms with van der Waals surface area (Å²) in [4.78, 5) is 12.0. The number of carbonyl (C=O) groups excluding carboxylic acids is 1. The van der Waals surface area contributed by atoms with Crippen LogP contribution in [0.3, 0.4) is 0 Å². The molecule has 0 unspecified atom stereocenters. The Labute approximate surface area is 166 Å². The summed E-state index contributed by atoms with van der Waals surface area (Å²) in [5.41, 5.74) is 3.82. The first-order valence-electron chi connectivity index (χ1n) is 8.35. The zero-order chi connectivity index (χ0) is 19.9. The van der Waals surface area contributed by atoms with Gasteiger partial charge in [0, 0.05) is 18.2 Å². The number of aromatic hydroxyl groups is 1. The van der Waals surface area contributed by atoms with E-state index in [0.717, 1.165) is 11.4 Å². The quantitative estimate of drug-likeness (QED) is 0.361. The first-order chi connectivity index (χ1) is 13.6. The van der Waals surface area contributed by atoms with Crippen molar-refractivity contribution in [2.24, 2.45) is 12.1 Å². The number of aromatic nitrogens is 3. The van der Waals surface area contributed by atoms with Crippen LogP contribution in [0.2, 0.25) is 0 Å². The Morgan fingerprint density at radius 1 is 1.25 bits per heavy atom. The molecule has 2 N–H and O–H groups in total. The smallest absolute Gasteiger partial charge is 0.250 e. The maximum atomic E-state index is 12.0. The highest BCUT2D eigenvalue weighted by Crippen LogP contribution is 2.28. The Bertz CT molecular complexity index is 988. The van der Waals surface area contributed by atoms with E-state index in [0.29, 0.717) is 16.5 Å². The lowest BCUT2D eigenvalue weighted by Gasteiger charge is -2.05. The van der Waals surface area contributed by atoms with Gasteiger partial charge in [-0.15, -0.1) is 10.2 Å². The van der Waals surface area contributed by atoms with E-state index in [1.807, 2.05) is 41.9 Å². The van der Waals surface area contributed by atoms with Gasteiger partial charge in [0.05, 0.1) is 19.1 Å². The molecular formula is C19H19N5O3S. The number of methoxy groups -OCH3 is 1. The molecule has 0 bridgehead atoms. The Hall–Kier alpha value is -3.33. The van der Waals surface area contributed by atoms with Crippen molar-refractivity contribution in [3.63, 3.8) is 0 Å². The van der Waals surface area contributed by atoms with Crippen LogP contribution in [0, 0.1) is 0 Å². The van der Waals surface area contributed by atoms with E-state index < -0.39 is 0 Å². The summed E-state index contributed by atoms with van der Waals surface area (Å²) in [5.74, 6) is 0.859. The number of thioether (sulfide) groups is 1. The zero-order valence-corrected chi connectivity index (χ0v) is 16.2. The van der Waals surface area contributed by atoms with Crippen LogP contribution in [0.5, 0.6) is 11.5 Å². The van der Waals surface area contributed by atoms with Crippen molar-refractivity contribution in [2.45, 2.75) is 5.16 Å². The van der Waals surface area contributed by atoms with Gasteiger partial charge in [0.15, 0.2) is 22.5 Å². The number of rotatable bonds is 7. The molecule has 1 aromatic heterocycles. The minimum absolute atomic E-state index is 0.0371. The number of carbonyl (C=O) groups is 1. The van der Waals surface area contributed by atoms with E-state index in [1.54, 1.807) is 18.2 Å². The number of phenols is 1. The third-order valence-corrected chi connectivity index (χ3v) is 4.86. The van der Waals surface area contributed by atoms with Gasteiger partial charge in [0.2, 0.25) is 0 Å². The molecule has 0 fully saturated rings. The molecule has 1 amide bonds. The summed E-state index contributed by atoms with van der Waals surface area (Å²) >= 11 is 1.26. The van der Waals surface area contributed by atoms with E-state index >= 15 is 0 Å². The van der Waals surface area contributed by atoms with Crippen molar-refractivity contribution in [3.05, 3.63) is 54.1 Å². The van der Waals surface area contributed by atoms with Gasteiger partial charge in [-0.05, 0) is 12.1 Å². The van der Waals surface area contributed by atoms with E-state index in [2.05, 4.69) is 20.7 Å². The van der Waals surface area contributed by atoms with Gasteiger partial charge < -0.3 is 14.4 Å². The van der Waals surface area contributed by atoms with Gasteiger partial charge in [-0.1, -0.05) is 48.2 Å². The molecule has 3 rings (SSSR count). The number of nitrogens with one attached hydrogen (secondary N) is 1. The Kier molecular flexibility index (Phi) is 6.28. The highest BCUT2D eigenvalue weighted by molar-refractivity contribution is 7.99. The monoisotopic (exact) mass is 397 g/mol. The van der Waals surface area contributed by atoms with E-state index in [1.165, 1.54) is 25.1 Å². The van der Waals surface area contributed by atoms with Crippen LogP contribution in [-0.2, 0) is 11.8 Å². The lowest BCUT2D eigenvalue weighted by Crippen LogP contribution is -2.19. The zero-order valence-electron chi connectivity index (χ0n) is 15.4. The molecule has 9 heteroatoms. The van der Waals surface area contributed by atoms with Gasteiger partial charge in [-0.25, -0.2) is 5.43 Å². The average molecular weight is 397 g/mol. The molecular weight excluding hydrogens is 378 g/mol. The second-order valence-corrected chi connectivity index (χ2v) is 6.65. The lowest BCUT2D eigenvalue weighted by molar-refractivity contribution is -0.118. The molecule has 0 spiro atoms. The van der Waals surface area contributed by atoms with Crippen molar-refractivity contribution >= 4 is 23.9 Å². The summed E-state index contributed by atoms with van der Waals surface area (Å²) in [6.07, 6.45) is 1.36. The molecule has 8 nitrogen and oxygen atoms in total. The van der Waals surface area contributed by atoms with Crippen LogP contribution in [0.1, 0.15) is 5.56 Å². The number of nitrogens with zero attached hydrogens (tertiary/aromatic N) is 4. The first-order valence-corrected chi connectivity index (χ1v) is 9.34. The molecule has 144 valence electrons. The third-order valence-electron chi connectivity index (χ3n) is 3.84. The predicted octanol–water partition coefficient (Wildman–Crippen LogP) is 2.44. The molecule has 0 radical (unpaired) electrons. The van der Waals surface area contributed by atoms with Crippen molar-refractivity contribution in [1.29, 1.82) is 0 Å². The number of hydrogen-bond donors (Lipinski definition) is 2. The average Bonchev–Trinajstić information content (AvgIpc) is 3.09. The second kappa shape index (κ2) is 9.05. The summed E-state index contributed by atoms with van der Waals surface area (Å²) in [7, 11) is 3.32. The molecule has 0 saturated heterocycles. The fourth-order valence-corrected chi connectivity index (χ4v) is 3.13. The number of amides is 1. The Morgan fingerprint density at radius 2 is 2.04 bits per heavy atom. The fraction of sp³-hybridized carbons (Fsp3) is 0.158. The van der Waals surface area contributed by atoms with Crippen LogP contribution in [-0.4, -0.2) is 44.9 Å². The van der Waals surface area contributed by atoms with Crippen LogP contribution in [0.15, 0.2) is 58.8 Å². The topological polar surface area (TPSA) is 102 Å². The Morgan fingerprint density at radius 3 is 2.79 bits per heavy atom. The lowest BCUT2D eigenvalue weighted by atomic mass is 10.2. The summed E-state index contributed by atoms with van der Waals surface area (Å²) in [6, 6.07) is 14.7. The van der Waals surface area contributed by atoms with Crippen LogP contribution in [0.4, 0.5) is 0 Å². The van der Waals surface area contributed by atoms with Crippen molar-refractivity contribution < 1.29 is 14.6 Å². The first kappa shape index (κ1) is 19.4. The standard InChI is InChI=1S/C19H19N5O3S/c1-24-18(13-7-4-3-5-8-13)22-23-19(24)28-12-16(25)21-20-11-14-9-6-10-15(27-2)17(14)26/h3-11,26H,12H2,1-2H3,(H,21,25)/b20-11-. The molecule has 2 aromatic carbocycles. The molecule has 0 aliphatic rings. The molecule has 0 aliphatic carbocycles. The number of para-hydroxylation sites is 1. The number of benzene rings is 2. The fourth-order valence-electron chi connectivity index (χ4n) is 2.42. The molecule has 0 aliphatic heterocycles. The maximum Gasteiger partial charge on any atom is 0.250 e. The minimum atomic E-state index is -0.298. The molecule has 28 heavy (non-hydrogen) atoms. The minimum Gasteiger partial charge on any atom is -0.504 e. The molecule has 0 saturated carbocycles. The predicted molar refractivity (Wildman–Crippen MR) is 108 cm³/mol. The van der Waals surface area contributed by atoms with Crippen LogP contribution in [0.25, 0.3) is 11.4 Å². The summed E-state index contributed by atoms with van der Waals surface area (Å²) in [5, 5.41) is 22.8. The number of hydrogen-bond acceptors (Lipinski definition) is 7. The van der Waals surface area contributed by atoms with Crippen molar-refractivity contribution in [2.75, 3.05) is 12.9 Å². The van der Waals surface area contributed by atoms with Gasteiger partial charge in [0.25, 0.3) is 5.91 Å². The highest BCUT2D eigenvalue weighted by atomic mass is 32.2. The highest BCUT2D eigenvalue weighted by Gasteiger charge is 2.12. The SMILES string of the molecule is COc1cccc(/C=N\NC(=O)CSc2nnc(-c3ccccc3)n2C)c1O. The van der Waals surface area contributed by atoms with E-state index in [4.69, 9.17) is 4.74 Å². The van der Waals surface area contributed by atoms with Crippen LogP contribution >= 0.6 is 11.8 Å². The second-order valence-electron chi connectivity index (χ2n) is 5.71. The molecule has 3 aromatic rings. The van der Waals surface area contributed by atoms with Gasteiger partial charge in [-0.2, -0.15) is 5.10 Å². The van der Waals surface area contributed by atoms with Crippen LogP contribution < -0.4 is 10.2 Å². The van der Waals surface area contributed by atoms with Gasteiger partial charge in [0.1, 0.15) is 0 Å². The Balaban J connectivity index is 1.56. The van der Waals surface area contributed by atoms with Gasteiger partial charge in [-0.3, -0.25) is 4.79 Å². The normalized spacial score (nSPS) is 10.9. The van der Waals surface area contributed by atoms with Crippen molar-refractivity contribution in [3.8, 4) is 22.9 Å². The van der Waals surface area contributed by atoms with E-state index in [-0.39, 0.29) is 17.4 Å². The number of ether oxygens (including phenoxy) is 1. The van der Waals surface area contributed by atoms with Gasteiger partial charge >= 0.3 is 0 Å². The maximum absolute atomic E-state index is 12.0. The largest absolute Gasteiger partial charge is 0.504 e. The number of phenolic OH excluding ortho intramolecular Hbond substituents is 1. The molecule has 1 heterocycles.